The summed E-state index contributed by atoms with van der Waals surface area (Å²) in [5.41, 5.74) is 7.96. The van der Waals surface area contributed by atoms with Crippen LogP contribution in [0.3, 0.4) is 0 Å². The molecular formula is C14H18N2O2S2. The molecule has 0 saturated carbocycles. The van der Waals surface area contributed by atoms with Crippen molar-refractivity contribution in [2.45, 2.75) is 24.5 Å². The number of thiophene rings is 1. The number of nitrogens with two attached hydrogens (primary N) is 1. The third-order valence-electron chi connectivity index (χ3n) is 3.01. The molecule has 4 nitrogen and oxygen atoms in total. The Hall–Kier alpha value is -1.37. The second kappa shape index (κ2) is 5.95. The first-order valence-corrected chi connectivity index (χ1v) is 8.62. The van der Waals surface area contributed by atoms with Gasteiger partial charge in [-0.1, -0.05) is 18.2 Å². The van der Waals surface area contributed by atoms with Gasteiger partial charge in [-0.2, -0.15) is 0 Å². The number of sulfonamides is 1. The molecular weight excluding hydrogens is 292 g/mol. The minimum absolute atomic E-state index is 0.323. The van der Waals surface area contributed by atoms with Crippen LogP contribution in [0.15, 0.2) is 34.5 Å². The molecule has 0 atom stereocenters. The van der Waals surface area contributed by atoms with Gasteiger partial charge in [0.15, 0.2) is 0 Å². The number of rotatable bonds is 5. The molecule has 0 saturated heterocycles. The van der Waals surface area contributed by atoms with E-state index in [-0.39, 0.29) is 0 Å². The van der Waals surface area contributed by atoms with E-state index in [1.165, 1.54) is 11.3 Å². The molecule has 3 N–H and O–H groups in total. The Balaban J connectivity index is 2.31. The summed E-state index contributed by atoms with van der Waals surface area (Å²) in [6, 6.07) is 9.13. The first kappa shape index (κ1) is 15.0. The summed E-state index contributed by atoms with van der Waals surface area (Å²) in [5, 5.41) is 0. The average molecular weight is 310 g/mol. The van der Waals surface area contributed by atoms with E-state index in [0.29, 0.717) is 22.9 Å². The molecule has 0 fully saturated rings. The van der Waals surface area contributed by atoms with Crippen molar-refractivity contribution in [3.8, 4) is 0 Å². The van der Waals surface area contributed by atoms with Crippen LogP contribution in [-0.2, 0) is 16.4 Å². The number of aryl methyl sites for hydroxylation is 2. The Morgan fingerprint density at radius 1 is 1.15 bits per heavy atom. The average Bonchev–Trinajstić information content (AvgIpc) is 2.84. The van der Waals surface area contributed by atoms with Crippen LogP contribution in [0, 0.1) is 13.8 Å². The molecule has 0 aliphatic carbocycles. The predicted molar refractivity (Wildman–Crippen MR) is 83.8 cm³/mol. The maximum Gasteiger partial charge on any atom is 0.271 e. The zero-order valence-corrected chi connectivity index (χ0v) is 13.1. The fourth-order valence-electron chi connectivity index (χ4n) is 1.94. The van der Waals surface area contributed by atoms with Crippen LogP contribution in [-0.4, -0.2) is 15.0 Å². The van der Waals surface area contributed by atoms with Crippen LogP contribution in [0.1, 0.15) is 16.0 Å². The van der Waals surface area contributed by atoms with Gasteiger partial charge in [0.1, 0.15) is 4.21 Å². The number of hydrogen-bond donors (Lipinski definition) is 2. The molecule has 20 heavy (non-hydrogen) atoms. The van der Waals surface area contributed by atoms with Gasteiger partial charge in [0, 0.05) is 4.88 Å². The molecule has 0 bridgehead atoms. The van der Waals surface area contributed by atoms with E-state index >= 15 is 0 Å². The topological polar surface area (TPSA) is 72.2 Å². The molecule has 1 aromatic carbocycles. The van der Waals surface area contributed by atoms with Crippen molar-refractivity contribution in [1.29, 1.82) is 0 Å². The molecule has 0 spiro atoms. The van der Waals surface area contributed by atoms with Gasteiger partial charge in [0.05, 0.1) is 5.69 Å². The number of benzene rings is 1. The van der Waals surface area contributed by atoms with Crippen LogP contribution >= 0.6 is 11.3 Å². The summed E-state index contributed by atoms with van der Waals surface area (Å²) < 4.78 is 27.8. The van der Waals surface area contributed by atoms with Gasteiger partial charge in [-0.05, 0) is 50.1 Å². The molecule has 2 rings (SSSR count). The molecule has 0 amide bonds. The fraction of sp³-hybridized carbons (Fsp3) is 0.286. The van der Waals surface area contributed by atoms with E-state index in [9.17, 15) is 8.42 Å². The van der Waals surface area contributed by atoms with Crippen molar-refractivity contribution in [2.24, 2.45) is 5.73 Å². The van der Waals surface area contributed by atoms with Crippen molar-refractivity contribution >= 4 is 27.0 Å². The number of anilines is 1. The molecule has 6 heteroatoms. The molecule has 0 unspecified atom stereocenters. The van der Waals surface area contributed by atoms with Gasteiger partial charge >= 0.3 is 0 Å². The maximum atomic E-state index is 12.4. The van der Waals surface area contributed by atoms with Crippen LogP contribution in [0.5, 0.6) is 0 Å². The molecule has 1 heterocycles. The van der Waals surface area contributed by atoms with Crippen molar-refractivity contribution in [2.75, 3.05) is 11.3 Å². The highest BCUT2D eigenvalue weighted by Gasteiger charge is 2.18. The lowest BCUT2D eigenvalue weighted by atomic mass is 10.1. The summed E-state index contributed by atoms with van der Waals surface area (Å²) in [6.07, 6.45) is 0.698. The summed E-state index contributed by atoms with van der Waals surface area (Å²) in [4.78, 5) is 0.981. The SMILES string of the molecule is Cc1cccc(C)c1NS(=O)(=O)c1ccc(CCN)s1. The van der Waals surface area contributed by atoms with Gasteiger partial charge in [0.2, 0.25) is 0 Å². The molecule has 1 aromatic heterocycles. The molecule has 108 valence electrons. The number of nitrogens with one attached hydrogen (secondary N) is 1. The van der Waals surface area contributed by atoms with E-state index < -0.39 is 10.0 Å². The summed E-state index contributed by atoms with van der Waals surface area (Å²) >= 11 is 1.26. The molecule has 0 aliphatic heterocycles. The van der Waals surface area contributed by atoms with Crippen molar-refractivity contribution < 1.29 is 8.42 Å². The quantitative estimate of drug-likeness (QED) is 0.892. The summed E-state index contributed by atoms with van der Waals surface area (Å²) in [6.45, 7) is 4.29. The molecule has 0 aliphatic rings. The van der Waals surface area contributed by atoms with Crippen molar-refractivity contribution in [3.05, 3.63) is 46.3 Å². The first-order valence-electron chi connectivity index (χ1n) is 6.32. The van der Waals surface area contributed by atoms with E-state index in [4.69, 9.17) is 5.73 Å². The van der Waals surface area contributed by atoms with Gasteiger partial charge in [-0.3, -0.25) is 4.72 Å². The lowest BCUT2D eigenvalue weighted by Gasteiger charge is -2.12. The van der Waals surface area contributed by atoms with Crippen LogP contribution in [0.4, 0.5) is 5.69 Å². The van der Waals surface area contributed by atoms with E-state index in [1.807, 2.05) is 38.1 Å². The minimum Gasteiger partial charge on any atom is -0.330 e. The smallest absolute Gasteiger partial charge is 0.271 e. The summed E-state index contributed by atoms with van der Waals surface area (Å²) in [5.74, 6) is 0. The third kappa shape index (κ3) is 3.20. The zero-order valence-electron chi connectivity index (χ0n) is 11.5. The Labute approximate surface area is 123 Å². The Bertz CT molecular complexity index is 685. The summed E-state index contributed by atoms with van der Waals surface area (Å²) in [7, 11) is -3.53. The normalized spacial score (nSPS) is 11.6. The van der Waals surface area contributed by atoms with Gasteiger partial charge in [-0.25, -0.2) is 8.42 Å². The highest BCUT2D eigenvalue weighted by molar-refractivity contribution is 7.94. The van der Waals surface area contributed by atoms with Gasteiger partial charge < -0.3 is 5.73 Å². The van der Waals surface area contributed by atoms with Crippen LogP contribution in [0.25, 0.3) is 0 Å². The second-order valence-corrected chi connectivity index (χ2v) is 7.71. The Morgan fingerprint density at radius 3 is 2.40 bits per heavy atom. The standard InChI is InChI=1S/C14H18N2O2S2/c1-10-4-3-5-11(2)14(10)16-20(17,18)13-7-6-12(19-13)8-9-15/h3-7,16H,8-9,15H2,1-2H3. The largest absolute Gasteiger partial charge is 0.330 e. The van der Waals surface area contributed by atoms with Gasteiger partial charge in [0.25, 0.3) is 10.0 Å². The Kier molecular flexibility index (Phi) is 4.47. The van der Waals surface area contributed by atoms with Crippen LogP contribution < -0.4 is 10.5 Å². The van der Waals surface area contributed by atoms with E-state index in [2.05, 4.69) is 4.72 Å². The lowest BCUT2D eigenvalue weighted by Crippen LogP contribution is -2.13. The minimum atomic E-state index is -3.53. The molecule has 2 aromatic rings. The van der Waals surface area contributed by atoms with Crippen LogP contribution in [0.2, 0.25) is 0 Å². The molecule has 0 radical (unpaired) electrons. The number of hydrogen-bond acceptors (Lipinski definition) is 4. The second-order valence-electron chi connectivity index (χ2n) is 4.63. The maximum absolute atomic E-state index is 12.4. The van der Waals surface area contributed by atoms with E-state index in [0.717, 1.165) is 16.0 Å². The van der Waals surface area contributed by atoms with Crippen molar-refractivity contribution in [3.63, 3.8) is 0 Å². The van der Waals surface area contributed by atoms with Gasteiger partial charge in [-0.15, -0.1) is 11.3 Å². The fourth-order valence-corrected chi connectivity index (χ4v) is 4.51. The zero-order chi connectivity index (χ0) is 14.8. The monoisotopic (exact) mass is 310 g/mol. The van der Waals surface area contributed by atoms with Crippen molar-refractivity contribution in [1.82, 2.24) is 0 Å². The number of para-hydroxylation sites is 1. The lowest BCUT2D eigenvalue weighted by molar-refractivity contribution is 0.603. The predicted octanol–water partition coefficient (Wildman–Crippen LogP) is 2.67. The highest BCUT2D eigenvalue weighted by atomic mass is 32.2. The Morgan fingerprint density at radius 2 is 1.80 bits per heavy atom. The third-order valence-corrected chi connectivity index (χ3v) is 6.00. The first-order chi connectivity index (χ1) is 9.44. The highest BCUT2D eigenvalue weighted by Crippen LogP contribution is 2.27. The van der Waals surface area contributed by atoms with E-state index in [1.54, 1.807) is 6.07 Å².